The van der Waals surface area contributed by atoms with Crippen molar-refractivity contribution in [2.45, 2.75) is 111 Å². The number of rotatable bonds is 13. The number of hydrogen-bond donors (Lipinski definition) is 3. The highest BCUT2D eigenvalue weighted by molar-refractivity contribution is 5.92. The summed E-state index contributed by atoms with van der Waals surface area (Å²) >= 11 is 0. The van der Waals surface area contributed by atoms with Crippen LogP contribution in [-0.2, 0) is 14.3 Å². The van der Waals surface area contributed by atoms with E-state index in [-0.39, 0.29) is 29.5 Å². The number of amides is 3. The molecule has 3 N–H and O–H groups in total. The molecule has 8 heteroatoms. The second-order valence-electron chi connectivity index (χ2n) is 10.5. The molecule has 0 aromatic heterocycles. The van der Waals surface area contributed by atoms with Crippen molar-refractivity contribution in [2.75, 3.05) is 6.54 Å². The van der Waals surface area contributed by atoms with Gasteiger partial charge in [-0.3, -0.25) is 9.59 Å². The number of nitrogens with one attached hydrogen (secondary N) is 2. The molecule has 0 saturated carbocycles. The van der Waals surface area contributed by atoms with Gasteiger partial charge in [-0.15, -0.1) is 0 Å². The summed E-state index contributed by atoms with van der Waals surface area (Å²) in [6, 6.07) is 4.28. The van der Waals surface area contributed by atoms with Crippen LogP contribution in [-0.4, -0.2) is 52.1 Å². The lowest BCUT2D eigenvalue weighted by atomic mass is 9.94. The van der Waals surface area contributed by atoms with E-state index in [1.165, 1.54) is 12.1 Å². The Bertz CT molecular complexity index is 852. The van der Waals surface area contributed by atoms with E-state index < -0.39 is 23.8 Å². The summed E-state index contributed by atoms with van der Waals surface area (Å²) in [6.07, 6.45) is 3.41. The fourth-order valence-electron chi connectivity index (χ4n) is 3.89. The quantitative estimate of drug-likeness (QED) is 0.315. The molecule has 36 heavy (non-hydrogen) atoms. The van der Waals surface area contributed by atoms with Crippen LogP contribution >= 0.6 is 0 Å². The third kappa shape index (κ3) is 9.70. The van der Waals surface area contributed by atoms with Gasteiger partial charge < -0.3 is 25.4 Å². The van der Waals surface area contributed by atoms with Crippen molar-refractivity contribution < 1.29 is 24.2 Å². The molecular formula is C28H47N3O5. The smallest absolute Gasteiger partial charge is 0.408 e. The van der Waals surface area contributed by atoms with E-state index in [0.717, 1.165) is 19.3 Å². The highest BCUT2D eigenvalue weighted by Gasteiger charge is 2.40. The van der Waals surface area contributed by atoms with Crippen molar-refractivity contribution in [1.29, 1.82) is 0 Å². The Labute approximate surface area is 217 Å². The third-order valence-electron chi connectivity index (χ3n) is 6.26. The van der Waals surface area contributed by atoms with Gasteiger partial charge in [-0.25, -0.2) is 4.79 Å². The number of hydrogen-bond acceptors (Lipinski definition) is 5. The van der Waals surface area contributed by atoms with Crippen LogP contribution in [0.5, 0.6) is 5.75 Å². The van der Waals surface area contributed by atoms with E-state index in [0.29, 0.717) is 24.9 Å². The molecule has 1 rings (SSSR count). The maximum Gasteiger partial charge on any atom is 0.408 e. The molecule has 0 fully saturated rings. The molecule has 4 unspecified atom stereocenters. The van der Waals surface area contributed by atoms with Crippen LogP contribution in [0.1, 0.15) is 99.1 Å². The summed E-state index contributed by atoms with van der Waals surface area (Å²) in [5.74, 6) is -0.862. The first-order chi connectivity index (χ1) is 16.9. The first kappa shape index (κ1) is 31.3. The molecule has 0 heterocycles. The number of carbonyl (C=O) groups is 3. The highest BCUT2D eigenvalue weighted by Crippen LogP contribution is 2.29. The standard InChI is InChI=1S/C28H47N3O5/c1-9-12-13-17-29-25(33)24(21-15-14-16-22(32)18-21)31(20(5)11-3)26(34)23(19(4)10-2)30-27(35)36-28(6,7)8/h14-16,18-20,23-24,32H,9-13,17H2,1-8H3,(H,29,33)(H,30,35). The zero-order chi connectivity index (χ0) is 27.5. The Kier molecular flexibility index (Phi) is 12.8. The summed E-state index contributed by atoms with van der Waals surface area (Å²) in [5, 5.41) is 15.9. The Hall–Kier alpha value is -2.77. The van der Waals surface area contributed by atoms with E-state index in [4.69, 9.17) is 4.74 Å². The molecule has 8 nitrogen and oxygen atoms in total. The van der Waals surface area contributed by atoms with Crippen LogP contribution in [0.3, 0.4) is 0 Å². The van der Waals surface area contributed by atoms with Crippen molar-refractivity contribution in [1.82, 2.24) is 15.5 Å². The van der Waals surface area contributed by atoms with Crippen LogP contribution in [0, 0.1) is 5.92 Å². The van der Waals surface area contributed by atoms with E-state index >= 15 is 0 Å². The van der Waals surface area contributed by atoms with Gasteiger partial charge in [0.25, 0.3) is 0 Å². The molecule has 204 valence electrons. The van der Waals surface area contributed by atoms with Crippen molar-refractivity contribution in [3.8, 4) is 5.75 Å². The van der Waals surface area contributed by atoms with E-state index in [2.05, 4.69) is 17.6 Å². The van der Waals surface area contributed by atoms with Gasteiger partial charge in [-0.2, -0.15) is 0 Å². The van der Waals surface area contributed by atoms with Crippen molar-refractivity contribution in [2.24, 2.45) is 5.92 Å². The normalized spacial score (nSPS) is 14.8. The van der Waals surface area contributed by atoms with Crippen LogP contribution < -0.4 is 10.6 Å². The summed E-state index contributed by atoms with van der Waals surface area (Å²) in [6.45, 7) is 15.5. The largest absolute Gasteiger partial charge is 0.508 e. The molecule has 0 saturated heterocycles. The fourth-order valence-corrected chi connectivity index (χ4v) is 3.89. The van der Waals surface area contributed by atoms with Crippen LogP contribution in [0.15, 0.2) is 24.3 Å². The minimum absolute atomic E-state index is 0.0122. The molecular weight excluding hydrogens is 458 g/mol. The van der Waals surface area contributed by atoms with Crippen LogP contribution in [0.25, 0.3) is 0 Å². The topological polar surface area (TPSA) is 108 Å². The molecule has 0 radical (unpaired) electrons. The van der Waals surface area contributed by atoms with Gasteiger partial charge in [0, 0.05) is 12.6 Å². The number of ether oxygens (including phenoxy) is 1. The van der Waals surface area contributed by atoms with Gasteiger partial charge >= 0.3 is 6.09 Å². The number of unbranched alkanes of at least 4 members (excludes halogenated alkanes) is 2. The van der Waals surface area contributed by atoms with Crippen LogP contribution in [0.2, 0.25) is 0 Å². The lowest BCUT2D eigenvalue weighted by Gasteiger charge is -2.39. The number of phenols is 1. The van der Waals surface area contributed by atoms with Gasteiger partial charge in [0.05, 0.1) is 0 Å². The number of benzene rings is 1. The zero-order valence-electron chi connectivity index (χ0n) is 23.4. The molecule has 0 aliphatic rings. The minimum atomic E-state index is -0.965. The molecule has 1 aromatic carbocycles. The van der Waals surface area contributed by atoms with Crippen LogP contribution in [0.4, 0.5) is 4.79 Å². The molecule has 4 atom stereocenters. The van der Waals surface area contributed by atoms with Gasteiger partial charge in [0.15, 0.2) is 0 Å². The Balaban J connectivity index is 3.48. The average Bonchev–Trinajstić information content (AvgIpc) is 2.81. The molecule has 0 bridgehead atoms. The minimum Gasteiger partial charge on any atom is -0.508 e. The molecule has 0 aliphatic heterocycles. The fraction of sp³-hybridized carbons (Fsp3) is 0.679. The van der Waals surface area contributed by atoms with E-state index in [9.17, 15) is 19.5 Å². The van der Waals surface area contributed by atoms with Gasteiger partial charge in [-0.05, 0) is 64.2 Å². The predicted octanol–water partition coefficient (Wildman–Crippen LogP) is 5.31. The van der Waals surface area contributed by atoms with Crippen molar-refractivity contribution >= 4 is 17.9 Å². The Morgan fingerprint density at radius 3 is 2.25 bits per heavy atom. The zero-order valence-corrected chi connectivity index (χ0v) is 23.4. The third-order valence-corrected chi connectivity index (χ3v) is 6.26. The number of phenolic OH excluding ortho intramolecular Hbond substituents is 1. The summed E-state index contributed by atoms with van der Waals surface area (Å²) in [4.78, 5) is 41.9. The molecule has 0 spiro atoms. The SMILES string of the molecule is CCCCCNC(=O)C(c1cccc(O)c1)N(C(=O)C(NC(=O)OC(C)(C)C)C(C)CC)C(C)CC. The summed E-state index contributed by atoms with van der Waals surface area (Å²) in [7, 11) is 0. The van der Waals surface area contributed by atoms with Crippen molar-refractivity contribution in [3.63, 3.8) is 0 Å². The molecule has 0 aliphatic carbocycles. The summed E-state index contributed by atoms with van der Waals surface area (Å²) in [5.41, 5.74) is -0.205. The maximum absolute atomic E-state index is 14.1. The molecule has 3 amide bonds. The lowest BCUT2D eigenvalue weighted by Crippen LogP contribution is -2.57. The lowest BCUT2D eigenvalue weighted by molar-refractivity contribution is -0.146. The summed E-state index contributed by atoms with van der Waals surface area (Å²) < 4.78 is 5.43. The monoisotopic (exact) mass is 505 g/mol. The van der Waals surface area contributed by atoms with Crippen molar-refractivity contribution in [3.05, 3.63) is 29.8 Å². The maximum atomic E-state index is 14.1. The number of alkyl carbamates (subject to hydrolysis) is 1. The number of nitrogens with zero attached hydrogens (tertiary/aromatic N) is 1. The number of aromatic hydroxyl groups is 1. The highest BCUT2D eigenvalue weighted by atomic mass is 16.6. The Morgan fingerprint density at radius 2 is 1.72 bits per heavy atom. The molecule has 1 aromatic rings. The number of carbonyl (C=O) groups excluding carboxylic acids is 3. The second-order valence-corrected chi connectivity index (χ2v) is 10.5. The van der Waals surface area contributed by atoms with E-state index in [1.54, 1.807) is 37.8 Å². The first-order valence-electron chi connectivity index (χ1n) is 13.2. The van der Waals surface area contributed by atoms with E-state index in [1.807, 2.05) is 27.7 Å². The van der Waals surface area contributed by atoms with Gasteiger partial charge in [0.2, 0.25) is 11.8 Å². The van der Waals surface area contributed by atoms with Gasteiger partial charge in [-0.1, -0.05) is 59.1 Å². The second kappa shape index (κ2) is 14.7. The average molecular weight is 506 g/mol. The first-order valence-corrected chi connectivity index (χ1v) is 13.2. The predicted molar refractivity (Wildman–Crippen MR) is 143 cm³/mol. The van der Waals surface area contributed by atoms with Gasteiger partial charge in [0.1, 0.15) is 23.4 Å². The Morgan fingerprint density at radius 1 is 1.06 bits per heavy atom.